The second-order valence-corrected chi connectivity index (χ2v) is 3.57. The molecule has 0 saturated carbocycles. The Morgan fingerprint density at radius 2 is 2.21 bits per heavy atom. The van der Waals surface area contributed by atoms with E-state index in [1.807, 2.05) is 0 Å². The zero-order chi connectivity index (χ0) is 11.0. The molecule has 0 saturated heterocycles. The topological polar surface area (TPSA) is 41.8 Å². The van der Waals surface area contributed by atoms with Gasteiger partial charge in [-0.2, -0.15) is 0 Å². The molecule has 0 aliphatic carbocycles. The summed E-state index contributed by atoms with van der Waals surface area (Å²) in [6, 6.07) is 0. The van der Waals surface area contributed by atoms with Crippen molar-refractivity contribution < 1.29 is 9.84 Å². The lowest BCUT2D eigenvalue weighted by atomic mass is 10.1. The minimum Gasteiger partial charge on any atom is -0.478 e. The van der Waals surface area contributed by atoms with Gasteiger partial charge in [-0.15, -0.1) is 0 Å². The largest absolute Gasteiger partial charge is 0.478 e. The minimum atomic E-state index is -0.693. The van der Waals surface area contributed by atoms with Gasteiger partial charge < -0.3 is 9.84 Å². The van der Waals surface area contributed by atoms with Crippen LogP contribution in [0.1, 0.15) is 20.3 Å². The molecule has 0 spiro atoms. The smallest absolute Gasteiger partial charge is 0.208 e. The molecule has 3 heteroatoms. The maximum absolute atomic E-state index is 9.43. The quantitative estimate of drug-likeness (QED) is 0.416. The first-order chi connectivity index (χ1) is 6.49. The molecule has 0 heterocycles. The van der Waals surface area contributed by atoms with Crippen LogP contribution >= 0.6 is 0 Å². The van der Waals surface area contributed by atoms with Gasteiger partial charge in [-0.05, 0) is 19.9 Å². The molecule has 14 heavy (non-hydrogen) atoms. The Balaban J connectivity index is 3.87. The highest BCUT2D eigenvalue weighted by atomic mass is 16.5. The normalized spacial score (nSPS) is 13.3. The van der Waals surface area contributed by atoms with Gasteiger partial charge in [0.05, 0.1) is 12.2 Å². The monoisotopic (exact) mass is 197 g/mol. The summed E-state index contributed by atoms with van der Waals surface area (Å²) in [5.41, 5.74) is -0.693. The SMILES string of the molecule is C=C/C=C\C(=NC)OCCC(C)(C)O. The first-order valence-corrected chi connectivity index (χ1v) is 4.60. The van der Waals surface area contributed by atoms with Crippen molar-refractivity contribution in [2.24, 2.45) is 4.99 Å². The van der Waals surface area contributed by atoms with E-state index in [0.717, 1.165) is 0 Å². The minimum absolute atomic E-state index is 0.456. The van der Waals surface area contributed by atoms with Crippen molar-refractivity contribution in [2.45, 2.75) is 25.9 Å². The highest BCUT2D eigenvalue weighted by Gasteiger charge is 2.12. The molecule has 0 atom stereocenters. The van der Waals surface area contributed by atoms with Crippen molar-refractivity contribution in [3.63, 3.8) is 0 Å². The number of ether oxygens (including phenoxy) is 1. The zero-order valence-corrected chi connectivity index (χ0v) is 9.16. The molecule has 3 nitrogen and oxygen atoms in total. The molecule has 0 aromatic carbocycles. The second-order valence-electron chi connectivity index (χ2n) is 3.57. The van der Waals surface area contributed by atoms with Crippen LogP contribution in [-0.2, 0) is 4.74 Å². The highest BCUT2D eigenvalue weighted by Crippen LogP contribution is 2.06. The van der Waals surface area contributed by atoms with Gasteiger partial charge in [0.25, 0.3) is 0 Å². The molecule has 0 aromatic heterocycles. The van der Waals surface area contributed by atoms with E-state index in [9.17, 15) is 5.11 Å². The summed E-state index contributed by atoms with van der Waals surface area (Å²) in [5, 5.41) is 9.43. The summed E-state index contributed by atoms with van der Waals surface area (Å²) in [5.74, 6) is 0.550. The Hall–Kier alpha value is -1.09. The van der Waals surface area contributed by atoms with Crippen molar-refractivity contribution >= 4 is 5.90 Å². The molecule has 0 unspecified atom stereocenters. The van der Waals surface area contributed by atoms with Crippen molar-refractivity contribution in [1.82, 2.24) is 0 Å². The first kappa shape index (κ1) is 12.9. The van der Waals surface area contributed by atoms with Crippen molar-refractivity contribution in [2.75, 3.05) is 13.7 Å². The number of aliphatic imine (C=N–C) groups is 1. The summed E-state index contributed by atoms with van der Waals surface area (Å²) in [7, 11) is 1.66. The van der Waals surface area contributed by atoms with Crippen LogP contribution < -0.4 is 0 Å². The van der Waals surface area contributed by atoms with Gasteiger partial charge in [-0.25, -0.2) is 0 Å². The van der Waals surface area contributed by atoms with Crippen LogP contribution in [-0.4, -0.2) is 30.3 Å². The zero-order valence-electron chi connectivity index (χ0n) is 9.16. The van der Waals surface area contributed by atoms with E-state index in [1.54, 1.807) is 39.1 Å². The Morgan fingerprint density at radius 3 is 2.64 bits per heavy atom. The lowest BCUT2D eigenvalue weighted by Gasteiger charge is -2.16. The Bertz CT molecular complexity index is 224. The third-order valence-electron chi connectivity index (χ3n) is 1.56. The molecule has 0 fully saturated rings. The number of nitrogens with zero attached hydrogens (tertiary/aromatic N) is 1. The summed E-state index contributed by atoms with van der Waals surface area (Å²) >= 11 is 0. The van der Waals surface area contributed by atoms with E-state index < -0.39 is 5.60 Å². The summed E-state index contributed by atoms with van der Waals surface area (Å²) < 4.78 is 5.32. The van der Waals surface area contributed by atoms with Gasteiger partial charge in [0.15, 0.2) is 0 Å². The fourth-order valence-corrected chi connectivity index (χ4v) is 0.743. The van der Waals surface area contributed by atoms with Crippen molar-refractivity contribution in [3.8, 4) is 0 Å². The van der Waals surface area contributed by atoms with Gasteiger partial charge in [-0.3, -0.25) is 4.99 Å². The van der Waals surface area contributed by atoms with Crippen LogP contribution in [0.4, 0.5) is 0 Å². The van der Waals surface area contributed by atoms with E-state index in [0.29, 0.717) is 18.9 Å². The fourth-order valence-electron chi connectivity index (χ4n) is 0.743. The van der Waals surface area contributed by atoms with Crippen LogP contribution in [0.5, 0.6) is 0 Å². The molecule has 0 amide bonds. The predicted octanol–water partition coefficient (Wildman–Crippen LogP) is 1.93. The lowest BCUT2D eigenvalue weighted by Crippen LogP contribution is -2.21. The van der Waals surface area contributed by atoms with E-state index in [-0.39, 0.29) is 0 Å². The lowest BCUT2D eigenvalue weighted by molar-refractivity contribution is 0.0538. The van der Waals surface area contributed by atoms with Crippen LogP contribution in [0.2, 0.25) is 0 Å². The Morgan fingerprint density at radius 1 is 1.57 bits per heavy atom. The Labute approximate surface area is 85.8 Å². The summed E-state index contributed by atoms with van der Waals surface area (Å²) in [6.45, 7) is 7.50. The highest BCUT2D eigenvalue weighted by molar-refractivity contribution is 5.87. The van der Waals surface area contributed by atoms with Gasteiger partial charge in [-0.1, -0.05) is 18.7 Å². The molecule has 0 bridgehead atoms. The second kappa shape index (κ2) is 6.38. The van der Waals surface area contributed by atoms with Crippen molar-refractivity contribution in [1.29, 1.82) is 0 Å². The van der Waals surface area contributed by atoms with Crippen LogP contribution in [0, 0.1) is 0 Å². The molecule has 0 aliphatic heterocycles. The third kappa shape index (κ3) is 7.55. The molecule has 0 radical (unpaired) electrons. The molecular formula is C11H19NO2. The molecule has 0 aromatic rings. The number of allylic oxidation sites excluding steroid dienone is 2. The molecule has 80 valence electrons. The molecule has 0 aliphatic rings. The first-order valence-electron chi connectivity index (χ1n) is 4.60. The van der Waals surface area contributed by atoms with E-state index in [4.69, 9.17) is 4.74 Å². The predicted molar refractivity (Wildman–Crippen MR) is 59.6 cm³/mol. The van der Waals surface area contributed by atoms with Crippen LogP contribution in [0.15, 0.2) is 29.8 Å². The molecule has 1 N–H and O–H groups in total. The maximum atomic E-state index is 9.43. The van der Waals surface area contributed by atoms with Crippen LogP contribution in [0.25, 0.3) is 0 Å². The number of hydrogen-bond donors (Lipinski definition) is 1. The van der Waals surface area contributed by atoms with E-state index in [2.05, 4.69) is 11.6 Å². The molecular weight excluding hydrogens is 178 g/mol. The van der Waals surface area contributed by atoms with Gasteiger partial charge >= 0.3 is 0 Å². The average Bonchev–Trinajstić information content (AvgIpc) is 2.09. The standard InChI is InChI=1S/C11H19NO2/c1-5-6-7-10(12-4)14-9-8-11(2,3)13/h5-7,13H,1,8-9H2,2-4H3/b7-6-,12-10?. The van der Waals surface area contributed by atoms with Gasteiger partial charge in [0.2, 0.25) is 5.90 Å². The summed E-state index contributed by atoms with van der Waals surface area (Å²) in [4.78, 5) is 3.92. The van der Waals surface area contributed by atoms with Gasteiger partial charge in [0.1, 0.15) is 0 Å². The van der Waals surface area contributed by atoms with Crippen molar-refractivity contribution in [3.05, 3.63) is 24.8 Å². The summed E-state index contributed by atoms with van der Waals surface area (Å²) in [6.07, 6.45) is 5.72. The molecule has 0 rings (SSSR count). The Kier molecular flexibility index (Phi) is 5.88. The average molecular weight is 197 g/mol. The van der Waals surface area contributed by atoms with Gasteiger partial charge in [0, 0.05) is 13.5 Å². The maximum Gasteiger partial charge on any atom is 0.208 e. The number of aliphatic hydroxyl groups is 1. The fraction of sp³-hybridized carbons (Fsp3) is 0.545. The number of rotatable bonds is 5. The third-order valence-corrected chi connectivity index (χ3v) is 1.56. The van der Waals surface area contributed by atoms with E-state index >= 15 is 0 Å². The van der Waals surface area contributed by atoms with Crippen LogP contribution in [0.3, 0.4) is 0 Å². The number of hydrogen-bond acceptors (Lipinski definition) is 3. The van der Waals surface area contributed by atoms with E-state index in [1.165, 1.54) is 0 Å².